The molecule has 0 saturated carbocycles. The summed E-state index contributed by atoms with van der Waals surface area (Å²) in [6.07, 6.45) is 3.71. The van der Waals surface area contributed by atoms with E-state index in [0.29, 0.717) is 6.42 Å². The minimum atomic E-state index is 0.0257. The second-order valence-electron chi connectivity index (χ2n) is 6.16. The molecule has 1 fully saturated rings. The van der Waals surface area contributed by atoms with Gasteiger partial charge in [-0.1, -0.05) is 17.7 Å². The first-order valence-corrected chi connectivity index (χ1v) is 8.45. The van der Waals surface area contributed by atoms with Gasteiger partial charge in [-0.3, -0.25) is 4.79 Å². The molecule has 0 aromatic heterocycles. The molecular formula is C20H23NO3. The van der Waals surface area contributed by atoms with E-state index in [2.05, 4.69) is 5.32 Å². The maximum absolute atomic E-state index is 12.0. The smallest absolute Gasteiger partial charge is 0.224 e. The molecule has 0 radical (unpaired) electrons. The molecule has 3 rings (SSSR count). The lowest BCUT2D eigenvalue weighted by Gasteiger charge is -2.10. The number of benzene rings is 2. The normalized spacial score (nSPS) is 16.8. The Bertz CT molecular complexity index is 658. The second kappa shape index (κ2) is 7.97. The van der Waals surface area contributed by atoms with Crippen molar-refractivity contribution >= 4 is 11.6 Å². The van der Waals surface area contributed by atoms with Crippen LogP contribution in [0.1, 0.15) is 31.2 Å². The van der Waals surface area contributed by atoms with E-state index in [9.17, 15) is 4.79 Å². The summed E-state index contributed by atoms with van der Waals surface area (Å²) in [5, 5.41) is 2.91. The van der Waals surface area contributed by atoms with Crippen LogP contribution >= 0.6 is 0 Å². The maximum Gasteiger partial charge on any atom is 0.224 e. The molecule has 24 heavy (non-hydrogen) atoms. The summed E-state index contributed by atoms with van der Waals surface area (Å²) in [5.74, 6) is 1.57. The monoisotopic (exact) mass is 325 g/mol. The largest absolute Gasteiger partial charge is 0.457 e. The second-order valence-corrected chi connectivity index (χ2v) is 6.16. The molecule has 1 aliphatic heterocycles. The lowest BCUT2D eigenvalue weighted by Crippen LogP contribution is -2.15. The first kappa shape index (κ1) is 16.5. The van der Waals surface area contributed by atoms with Crippen LogP contribution in [0.3, 0.4) is 0 Å². The molecule has 4 nitrogen and oxygen atoms in total. The SMILES string of the molecule is Cc1ccc(Oc2ccc(NC(=O)CCC3CCCO3)cc2)cc1. The summed E-state index contributed by atoms with van der Waals surface area (Å²) >= 11 is 0. The van der Waals surface area contributed by atoms with Crippen molar-refractivity contribution in [3.05, 3.63) is 54.1 Å². The Morgan fingerprint density at radius 1 is 1.12 bits per heavy atom. The Labute approximate surface area is 142 Å². The van der Waals surface area contributed by atoms with Gasteiger partial charge in [-0.15, -0.1) is 0 Å². The first-order chi connectivity index (χ1) is 11.7. The van der Waals surface area contributed by atoms with Crippen molar-refractivity contribution in [2.45, 2.75) is 38.7 Å². The lowest BCUT2D eigenvalue weighted by molar-refractivity contribution is -0.116. The Morgan fingerprint density at radius 2 is 1.79 bits per heavy atom. The summed E-state index contributed by atoms with van der Waals surface area (Å²) < 4.78 is 11.3. The van der Waals surface area contributed by atoms with E-state index in [1.807, 2.05) is 55.5 Å². The average Bonchev–Trinajstić information content (AvgIpc) is 3.10. The number of amides is 1. The summed E-state index contributed by atoms with van der Waals surface area (Å²) in [6.45, 7) is 2.87. The van der Waals surface area contributed by atoms with Gasteiger partial charge in [0.2, 0.25) is 5.91 Å². The standard InChI is InChI=1S/C20H23NO3/c1-15-4-8-18(9-5-15)24-19-10-6-16(7-11-19)21-20(22)13-12-17-3-2-14-23-17/h4-11,17H,2-3,12-14H2,1H3,(H,21,22). The number of carbonyl (C=O) groups is 1. The van der Waals surface area contributed by atoms with Crippen LogP contribution in [0.25, 0.3) is 0 Å². The summed E-state index contributed by atoms with van der Waals surface area (Å²) in [7, 11) is 0. The Balaban J connectivity index is 1.48. The Morgan fingerprint density at radius 3 is 2.42 bits per heavy atom. The highest BCUT2D eigenvalue weighted by atomic mass is 16.5. The Hall–Kier alpha value is -2.33. The van der Waals surface area contributed by atoms with Crippen molar-refractivity contribution in [2.75, 3.05) is 11.9 Å². The van der Waals surface area contributed by atoms with Crippen LogP contribution < -0.4 is 10.1 Å². The van der Waals surface area contributed by atoms with Crippen LogP contribution in [-0.2, 0) is 9.53 Å². The van der Waals surface area contributed by atoms with Gasteiger partial charge in [0.25, 0.3) is 0 Å². The zero-order valence-electron chi connectivity index (χ0n) is 14.0. The molecule has 126 valence electrons. The van der Waals surface area contributed by atoms with E-state index in [-0.39, 0.29) is 12.0 Å². The van der Waals surface area contributed by atoms with Crippen molar-refractivity contribution in [1.82, 2.24) is 0 Å². The van der Waals surface area contributed by atoms with E-state index in [1.165, 1.54) is 5.56 Å². The van der Waals surface area contributed by atoms with E-state index < -0.39 is 0 Å². The molecule has 4 heteroatoms. The number of aryl methyl sites for hydroxylation is 1. The molecule has 0 bridgehead atoms. The highest BCUT2D eigenvalue weighted by molar-refractivity contribution is 5.90. The van der Waals surface area contributed by atoms with E-state index in [1.54, 1.807) is 0 Å². The van der Waals surface area contributed by atoms with Crippen molar-refractivity contribution in [3.8, 4) is 11.5 Å². The number of anilines is 1. The van der Waals surface area contributed by atoms with Crippen molar-refractivity contribution < 1.29 is 14.3 Å². The van der Waals surface area contributed by atoms with Crippen LogP contribution in [-0.4, -0.2) is 18.6 Å². The number of nitrogens with one attached hydrogen (secondary N) is 1. The molecular weight excluding hydrogens is 302 g/mol. The van der Waals surface area contributed by atoms with Gasteiger partial charge in [0.05, 0.1) is 6.10 Å². The predicted octanol–water partition coefficient (Wildman–Crippen LogP) is 4.69. The van der Waals surface area contributed by atoms with E-state index >= 15 is 0 Å². The highest BCUT2D eigenvalue weighted by Crippen LogP contribution is 2.23. The molecule has 1 N–H and O–H groups in total. The van der Waals surface area contributed by atoms with Gasteiger partial charge in [0, 0.05) is 18.7 Å². The van der Waals surface area contributed by atoms with Gasteiger partial charge >= 0.3 is 0 Å². The number of carbonyl (C=O) groups excluding carboxylic acids is 1. The van der Waals surface area contributed by atoms with Gasteiger partial charge in [-0.25, -0.2) is 0 Å². The zero-order valence-corrected chi connectivity index (χ0v) is 14.0. The number of ether oxygens (including phenoxy) is 2. The third-order valence-electron chi connectivity index (χ3n) is 4.11. The molecule has 1 atom stereocenters. The van der Waals surface area contributed by atoms with Crippen molar-refractivity contribution in [3.63, 3.8) is 0 Å². The fourth-order valence-electron chi connectivity index (χ4n) is 2.74. The van der Waals surface area contributed by atoms with Gasteiger partial charge in [-0.2, -0.15) is 0 Å². The fourth-order valence-corrected chi connectivity index (χ4v) is 2.74. The average molecular weight is 325 g/mol. The summed E-state index contributed by atoms with van der Waals surface area (Å²) in [6, 6.07) is 15.3. The topological polar surface area (TPSA) is 47.6 Å². The molecule has 0 spiro atoms. The van der Waals surface area contributed by atoms with Crippen LogP contribution in [0.5, 0.6) is 11.5 Å². The fraction of sp³-hybridized carbons (Fsp3) is 0.350. The number of hydrogen-bond acceptors (Lipinski definition) is 3. The zero-order chi connectivity index (χ0) is 16.8. The first-order valence-electron chi connectivity index (χ1n) is 8.45. The third-order valence-corrected chi connectivity index (χ3v) is 4.11. The van der Waals surface area contributed by atoms with E-state index in [0.717, 1.165) is 43.1 Å². The van der Waals surface area contributed by atoms with Gasteiger partial charge in [0.15, 0.2) is 0 Å². The van der Waals surface area contributed by atoms with Gasteiger partial charge in [0.1, 0.15) is 11.5 Å². The Kier molecular flexibility index (Phi) is 5.49. The van der Waals surface area contributed by atoms with Crippen molar-refractivity contribution in [1.29, 1.82) is 0 Å². The minimum absolute atomic E-state index is 0.0257. The molecule has 0 aliphatic carbocycles. The highest BCUT2D eigenvalue weighted by Gasteiger charge is 2.16. The number of rotatable bonds is 6. The molecule has 1 amide bonds. The van der Waals surface area contributed by atoms with Crippen molar-refractivity contribution in [2.24, 2.45) is 0 Å². The molecule has 1 saturated heterocycles. The molecule has 2 aromatic rings. The quantitative estimate of drug-likeness (QED) is 0.838. The van der Waals surface area contributed by atoms with Crippen LogP contribution in [0.2, 0.25) is 0 Å². The van der Waals surface area contributed by atoms with Crippen LogP contribution in [0.15, 0.2) is 48.5 Å². The van der Waals surface area contributed by atoms with Crippen LogP contribution in [0.4, 0.5) is 5.69 Å². The van der Waals surface area contributed by atoms with Crippen LogP contribution in [0, 0.1) is 6.92 Å². The molecule has 1 aliphatic rings. The minimum Gasteiger partial charge on any atom is -0.457 e. The lowest BCUT2D eigenvalue weighted by atomic mass is 10.1. The molecule has 1 heterocycles. The summed E-state index contributed by atoms with van der Waals surface area (Å²) in [4.78, 5) is 12.0. The molecule has 1 unspecified atom stereocenters. The van der Waals surface area contributed by atoms with E-state index in [4.69, 9.17) is 9.47 Å². The van der Waals surface area contributed by atoms with Gasteiger partial charge < -0.3 is 14.8 Å². The predicted molar refractivity (Wildman–Crippen MR) is 94.5 cm³/mol. The molecule has 2 aromatic carbocycles. The number of hydrogen-bond donors (Lipinski definition) is 1. The third kappa shape index (κ3) is 4.83. The summed E-state index contributed by atoms with van der Waals surface area (Å²) in [5.41, 5.74) is 1.98. The van der Waals surface area contributed by atoms with Gasteiger partial charge in [-0.05, 0) is 62.6 Å². The maximum atomic E-state index is 12.0.